The Balaban J connectivity index is 1.52. The van der Waals surface area contributed by atoms with Crippen molar-refractivity contribution in [1.82, 2.24) is 14.8 Å². The van der Waals surface area contributed by atoms with Crippen molar-refractivity contribution in [3.8, 4) is 0 Å². The van der Waals surface area contributed by atoms with Gasteiger partial charge in [0.2, 0.25) is 5.91 Å². The van der Waals surface area contributed by atoms with Gasteiger partial charge in [-0.25, -0.2) is 4.98 Å². The van der Waals surface area contributed by atoms with Crippen LogP contribution in [0.4, 0.5) is 0 Å². The van der Waals surface area contributed by atoms with Gasteiger partial charge in [0.25, 0.3) is 0 Å². The molecule has 2 heterocycles. The number of thiazole rings is 1. The summed E-state index contributed by atoms with van der Waals surface area (Å²) >= 11 is 1.75. The lowest BCUT2D eigenvalue weighted by atomic mass is 9.81. The zero-order chi connectivity index (χ0) is 18.1. The van der Waals surface area contributed by atoms with Gasteiger partial charge in [-0.3, -0.25) is 9.69 Å². The molecular formula is C19H32N4OS. The monoisotopic (exact) mass is 364 g/mol. The molecule has 0 aromatic carbocycles. The van der Waals surface area contributed by atoms with Gasteiger partial charge in [-0.1, -0.05) is 40.0 Å². The third kappa shape index (κ3) is 4.41. The second kappa shape index (κ2) is 7.33. The molecule has 3 rings (SSSR count). The first-order chi connectivity index (χ1) is 11.8. The molecule has 0 atom stereocenters. The first-order valence-electron chi connectivity index (χ1n) is 9.53. The van der Waals surface area contributed by atoms with Crippen molar-refractivity contribution < 1.29 is 4.79 Å². The second-order valence-corrected chi connectivity index (χ2v) is 9.54. The number of hydrogen-bond donors (Lipinski definition) is 1. The fourth-order valence-electron chi connectivity index (χ4n) is 3.77. The van der Waals surface area contributed by atoms with E-state index in [-0.39, 0.29) is 11.3 Å². The first kappa shape index (κ1) is 18.8. The van der Waals surface area contributed by atoms with Crippen LogP contribution in [0.25, 0.3) is 0 Å². The van der Waals surface area contributed by atoms with Crippen molar-refractivity contribution >= 4 is 17.2 Å². The Morgan fingerprint density at radius 3 is 2.40 bits per heavy atom. The van der Waals surface area contributed by atoms with E-state index in [4.69, 9.17) is 10.7 Å². The van der Waals surface area contributed by atoms with Gasteiger partial charge < -0.3 is 10.6 Å². The molecule has 2 fully saturated rings. The summed E-state index contributed by atoms with van der Waals surface area (Å²) in [6.07, 6.45) is 5.08. The highest BCUT2D eigenvalue weighted by molar-refractivity contribution is 7.09. The van der Waals surface area contributed by atoms with E-state index in [0.29, 0.717) is 0 Å². The Labute approximate surface area is 155 Å². The van der Waals surface area contributed by atoms with E-state index in [1.54, 1.807) is 11.3 Å². The summed E-state index contributed by atoms with van der Waals surface area (Å²) in [6, 6.07) is 0. The molecule has 5 nitrogen and oxygen atoms in total. The summed E-state index contributed by atoms with van der Waals surface area (Å²) in [5.74, 6) is 0.176. The number of nitrogens with two attached hydrogens (primary N) is 1. The fourth-order valence-corrected chi connectivity index (χ4v) is 4.67. The quantitative estimate of drug-likeness (QED) is 0.896. The van der Waals surface area contributed by atoms with E-state index in [9.17, 15) is 4.79 Å². The number of hydrogen-bond acceptors (Lipinski definition) is 5. The van der Waals surface area contributed by atoms with Crippen LogP contribution in [0.1, 0.15) is 63.6 Å². The molecule has 25 heavy (non-hydrogen) atoms. The molecule has 2 aliphatic rings. The summed E-state index contributed by atoms with van der Waals surface area (Å²) in [5.41, 5.74) is 7.09. The number of carbonyl (C=O) groups is 1. The number of piperazine rings is 1. The smallest absolute Gasteiger partial charge is 0.242 e. The molecule has 0 bridgehead atoms. The summed E-state index contributed by atoms with van der Waals surface area (Å²) in [4.78, 5) is 22.0. The van der Waals surface area contributed by atoms with Crippen LogP contribution in [0.2, 0.25) is 0 Å². The predicted octanol–water partition coefficient (Wildman–Crippen LogP) is 2.75. The molecular weight excluding hydrogens is 332 g/mol. The average Bonchev–Trinajstić information content (AvgIpc) is 3.04. The third-order valence-electron chi connectivity index (χ3n) is 5.41. The zero-order valence-corrected chi connectivity index (χ0v) is 16.7. The van der Waals surface area contributed by atoms with E-state index in [0.717, 1.165) is 64.1 Å². The van der Waals surface area contributed by atoms with Gasteiger partial charge in [0.1, 0.15) is 0 Å². The molecule has 1 saturated carbocycles. The van der Waals surface area contributed by atoms with Gasteiger partial charge in [0, 0.05) is 43.5 Å². The van der Waals surface area contributed by atoms with Crippen LogP contribution in [-0.2, 0) is 16.8 Å². The van der Waals surface area contributed by atoms with E-state index >= 15 is 0 Å². The minimum Gasteiger partial charge on any atom is -0.339 e. The highest BCUT2D eigenvalue weighted by Gasteiger charge is 2.39. The van der Waals surface area contributed by atoms with Crippen molar-refractivity contribution in [2.24, 2.45) is 5.73 Å². The Kier molecular flexibility index (Phi) is 5.51. The van der Waals surface area contributed by atoms with Crippen LogP contribution in [0.5, 0.6) is 0 Å². The molecule has 6 heteroatoms. The minimum atomic E-state index is -0.600. The molecule has 0 radical (unpaired) electrons. The molecule has 140 valence electrons. The molecule has 1 saturated heterocycles. The molecule has 1 aromatic rings. The normalized spacial score (nSPS) is 22.2. The van der Waals surface area contributed by atoms with Crippen molar-refractivity contribution in [2.45, 2.75) is 70.4 Å². The van der Waals surface area contributed by atoms with Crippen LogP contribution in [-0.4, -0.2) is 52.4 Å². The van der Waals surface area contributed by atoms with Gasteiger partial charge in [-0.2, -0.15) is 0 Å². The molecule has 1 aromatic heterocycles. The Morgan fingerprint density at radius 2 is 1.84 bits per heavy atom. The Bertz CT molecular complexity index is 593. The SMILES string of the molecule is CC(C)(C)c1nc(CN2CCN(C(=O)C3(N)CCCCC3)CC2)cs1. The first-order valence-corrected chi connectivity index (χ1v) is 10.4. The van der Waals surface area contributed by atoms with Crippen molar-refractivity contribution in [1.29, 1.82) is 0 Å². The number of aromatic nitrogens is 1. The summed E-state index contributed by atoms with van der Waals surface area (Å²) in [6.45, 7) is 10.9. The third-order valence-corrected chi connectivity index (χ3v) is 6.73. The van der Waals surface area contributed by atoms with Crippen molar-refractivity contribution in [3.63, 3.8) is 0 Å². The molecule has 1 aliphatic carbocycles. The summed E-state index contributed by atoms with van der Waals surface area (Å²) < 4.78 is 0. The predicted molar refractivity (Wildman–Crippen MR) is 103 cm³/mol. The molecule has 0 spiro atoms. The number of rotatable bonds is 3. The maximum atomic E-state index is 12.8. The summed E-state index contributed by atoms with van der Waals surface area (Å²) in [5, 5.41) is 3.37. The number of nitrogens with zero attached hydrogens (tertiary/aromatic N) is 3. The number of carbonyl (C=O) groups excluding carboxylic acids is 1. The van der Waals surface area contributed by atoms with Crippen molar-refractivity contribution in [3.05, 3.63) is 16.1 Å². The standard InChI is InChI=1S/C19H32N4OS/c1-18(2,3)16-21-15(14-25-16)13-22-9-11-23(12-10-22)17(24)19(20)7-5-4-6-8-19/h14H,4-13,20H2,1-3H3. The Morgan fingerprint density at radius 1 is 1.20 bits per heavy atom. The van der Waals surface area contributed by atoms with Crippen LogP contribution >= 0.6 is 11.3 Å². The van der Waals surface area contributed by atoms with E-state index in [1.807, 2.05) is 4.90 Å². The fraction of sp³-hybridized carbons (Fsp3) is 0.789. The molecule has 1 aliphatic heterocycles. The van der Waals surface area contributed by atoms with Gasteiger partial charge in [-0.05, 0) is 12.8 Å². The van der Waals surface area contributed by atoms with E-state index in [2.05, 4.69) is 31.1 Å². The maximum absolute atomic E-state index is 12.8. The highest BCUT2D eigenvalue weighted by Crippen LogP contribution is 2.29. The topological polar surface area (TPSA) is 62.5 Å². The van der Waals surface area contributed by atoms with E-state index < -0.39 is 5.54 Å². The lowest BCUT2D eigenvalue weighted by Crippen LogP contribution is -2.60. The Hall–Kier alpha value is -0.980. The van der Waals surface area contributed by atoms with Crippen LogP contribution in [0, 0.1) is 0 Å². The second-order valence-electron chi connectivity index (χ2n) is 8.68. The molecule has 0 unspecified atom stereocenters. The van der Waals surface area contributed by atoms with Crippen molar-refractivity contribution in [2.75, 3.05) is 26.2 Å². The maximum Gasteiger partial charge on any atom is 0.242 e. The lowest BCUT2D eigenvalue weighted by molar-refractivity contribution is -0.140. The van der Waals surface area contributed by atoms with Gasteiger partial charge in [-0.15, -0.1) is 11.3 Å². The van der Waals surface area contributed by atoms with E-state index in [1.165, 1.54) is 11.4 Å². The van der Waals surface area contributed by atoms with Gasteiger partial charge in [0.05, 0.1) is 16.2 Å². The molecule has 1 amide bonds. The van der Waals surface area contributed by atoms with Crippen LogP contribution in [0.3, 0.4) is 0 Å². The molecule has 2 N–H and O–H groups in total. The minimum absolute atomic E-state index is 0.115. The van der Waals surface area contributed by atoms with Gasteiger partial charge >= 0.3 is 0 Å². The van der Waals surface area contributed by atoms with Crippen LogP contribution < -0.4 is 5.73 Å². The summed E-state index contributed by atoms with van der Waals surface area (Å²) in [7, 11) is 0. The lowest BCUT2D eigenvalue weighted by Gasteiger charge is -2.41. The zero-order valence-electron chi connectivity index (χ0n) is 15.9. The number of amides is 1. The van der Waals surface area contributed by atoms with Crippen LogP contribution in [0.15, 0.2) is 5.38 Å². The average molecular weight is 365 g/mol. The largest absolute Gasteiger partial charge is 0.339 e. The highest BCUT2D eigenvalue weighted by atomic mass is 32.1. The van der Waals surface area contributed by atoms with Gasteiger partial charge in [0.15, 0.2) is 0 Å².